The lowest BCUT2D eigenvalue weighted by atomic mass is 9.75. The molecule has 0 unspecified atom stereocenters. The van der Waals surface area contributed by atoms with Crippen molar-refractivity contribution in [2.24, 2.45) is 5.92 Å². The molecule has 5 heteroatoms. The Kier molecular flexibility index (Phi) is 5.82. The van der Waals surface area contributed by atoms with E-state index in [1.807, 2.05) is 18.2 Å². The Bertz CT molecular complexity index is 588. The summed E-state index contributed by atoms with van der Waals surface area (Å²) in [5.74, 6) is 0.490. The van der Waals surface area contributed by atoms with E-state index in [0.29, 0.717) is 17.2 Å². The number of thioether (sulfide) groups is 1. The molecule has 3 atom stereocenters. The molecule has 3 nitrogen and oxygen atoms in total. The molecule has 1 aromatic carbocycles. The van der Waals surface area contributed by atoms with Gasteiger partial charge < -0.3 is 9.80 Å². The summed E-state index contributed by atoms with van der Waals surface area (Å²) in [5.41, 5.74) is 1.22. The maximum Gasteiger partial charge on any atom is 0.229 e. The number of β-lactam (4-membered cyclic amide) rings is 1. The molecule has 1 heterocycles. The first-order valence-electron chi connectivity index (χ1n) is 8.95. The highest BCUT2D eigenvalue weighted by Gasteiger charge is 2.52. The highest BCUT2D eigenvalue weighted by atomic mass is 32.2. The third-order valence-corrected chi connectivity index (χ3v) is 7.08. The van der Waals surface area contributed by atoms with E-state index in [2.05, 4.69) is 35.8 Å². The van der Waals surface area contributed by atoms with Crippen molar-refractivity contribution >= 4 is 34.2 Å². The molecule has 1 aromatic rings. The normalized spacial score (nSPS) is 25.8. The van der Waals surface area contributed by atoms with Gasteiger partial charge in [-0.2, -0.15) is 0 Å². The zero-order valence-corrected chi connectivity index (χ0v) is 16.1. The van der Waals surface area contributed by atoms with Crippen LogP contribution in [0.3, 0.4) is 0 Å². The fraction of sp³-hybridized carbons (Fsp3) is 0.579. The summed E-state index contributed by atoms with van der Waals surface area (Å²) in [6, 6.07) is 10.7. The molecule has 1 saturated carbocycles. The monoisotopic (exact) mass is 362 g/mol. The van der Waals surface area contributed by atoms with E-state index in [0.717, 1.165) is 36.8 Å². The van der Waals surface area contributed by atoms with Crippen LogP contribution >= 0.6 is 24.0 Å². The smallest absolute Gasteiger partial charge is 0.229 e. The first kappa shape index (κ1) is 17.7. The van der Waals surface area contributed by atoms with E-state index >= 15 is 0 Å². The van der Waals surface area contributed by atoms with Gasteiger partial charge in [0.05, 0.1) is 5.92 Å². The second-order valence-corrected chi connectivity index (χ2v) is 8.44. The number of carbonyl (C=O) groups is 1. The molecule has 0 N–H and O–H groups in total. The van der Waals surface area contributed by atoms with Crippen LogP contribution in [0.2, 0.25) is 0 Å². The summed E-state index contributed by atoms with van der Waals surface area (Å²) in [6.07, 6.45) is 3.44. The molecule has 2 aliphatic rings. The minimum Gasteiger partial charge on any atom is -0.358 e. The average molecular weight is 363 g/mol. The molecular weight excluding hydrogens is 336 g/mol. The zero-order chi connectivity index (χ0) is 17.1. The Morgan fingerprint density at radius 2 is 1.96 bits per heavy atom. The topological polar surface area (TPSA) is 23.6 Å². The molecule has 0 aromatic heterocycles. The summed E-state index contributed by atoms with van der Waals surface area (Å²) >= 11 is 7.37. The molecule has 2 fully saturated rings. The summed E-state index contributed by atoms with van der Waals surface area (Å²) < 4.78 is 0.958. The van der Waals surface area contributed by atoms with Crippen molar-refractivity contribution in [2.45, 2.75) is 50.9 Å². The number of likely N-dealkylation sites (tertiary alicyclic amines) is 1. The van der Waals surface area contributed by atoms with Crippen LogP contribution in [0.5, 0.6) is 0 Å². The van der Waals surface area contributed by atoms with Crippen molar-refractivity contribution in [1.29, 1.82) is 0 Å². The fourth-order valence-corrected chi connectivity index (χ4v) is 5.90. The number of amides is 1. The second kappa shape index (κ2) is 7.87. The van der Waals surface area contributed by atoms with Crippen molar-refractivity contribution < 1.29 is 4.79 Å². The van der Waals surface area contributed by atoms with Gasteiger partial charge in [0.25, 0.3) is 0 Å². The Morgan fingerprint density at radius 3 is 2.62 bits per heavy atom. The number of rotatable bonds is 5. The maximum atomic E-state index is 12.8. The third kappa shape index (κ3) is 3.47. The summed E-state index contributed by atoms with van der Waals surface area (Å²) in [5, 5.41) is 0.358. The molecule has 130 valence electrons. The number of hydrogen-bond donors (Lipinski definition) is 0. The van der Waals surface area contributed by atoms with Crippen molar-refractivity contribution in [3.63, 3.8) is 0 Å². The average Bonchev–Trinajstić information content (AvgIpc) is 2.61. The number of benzene rings is 1. The molecule has 1 amide bonds. The predicted octanol–water partition coefficient (Wildman–Crippen LogP) is 3.93. The van der Waals surface area contributed by atoms with Gasteiger partial charge in [0.1, 0.15) is 4.32 Å². The Hall–Kier alpha value is -1.07. The SMILES string of the molecule is CCN(CC)C(=S)S[C@@H]1CCC[C@@H]2[C@H]1C(=O)N2Cc1ccccc1. The van der Waals surface area contributed by atoms with Crippen LogP contribution in [0.1, 0.15) is 38.7 Å². The van der Waals surface area contributed by atoms with Gasteiger partial charge in [-0.1, -0.05) is 60.7 Å². The van der Waals surface area contributed by atoms with Crippen molar-refractivity contribution in [3.8, 4) is 0 Å². The summed E-state index contributed by atoms with van der Waals surface area (Å²) in [6.45, 7) is 6.90. The first-order valence-corrected chi connectivity index (χ1v) is 10.2. The molecule has 1 aliphatic heterocycles. The molecule has 3 rings (SSSR count). The molecule has 1 aliphatic carbocycles. The van der Waals surface area contributed by atoms with Crippen molar-refractivity contribution in [1.82, 2.24) is 9.80 Å². The lowest BCUT2D eigenvalue weighted by Crippen LogP contribution is -2.65. The van der Waals surface area contributed by atoms with E-state index in [1.165, 1.54) is 12.0 Å². The van der Waals surface area contributed by atoms with Crippen LogP contribution < -0.4 is 0 Å². The number of nitrogens with zero attached hydrogens (tertiary/aromatic N) is 2. The standard InChI is InChI=1S/C19H26N2OS2/c1-3-20(4-2)19(23)24-16-12-8-11-15-17(16)18(22)21(15)13-14-9-6-5-7-10-14/h5-7,9-10,15-17H,3-4,8,11-13H2,1-2H3/t15-,16-,17-/m1/s1. The number of fused-ring (bicyclic) bond motifs is 1. The zero-order valence-electron chi connectivity index (χ0n) is 14.5. The lowest BCUT2D eigenvalue weighted by molar-refractivity contribution is -0.160. The molecule has 0 spiro atoms. The van der Waals surface area contributed by atoms with E-state index in [-0.39, 0.29) is 5.92 Å². The van der Waals surface area contributed by atoms with E-state index < -0.39 is 0 Å². The van der Waals surface area contributed by atoms with E-state index in [4.69, 9.17) is 12.2 Å². The van der Waals surface area contributed by atoms with E-state index in [1.54, 1.807) is 11.8 Å². The highest BCUT2D eigenvalue weighted by Crippen LogP contribution is 2.45. The lowest BCUT2D eigenvalue weighted by Gasteiger charge is -2.53. The molecule has 0 bridgehead atoms. The highest BCUT2D eigenvalue weighted by molar-refractivity contribution is 8.23. The third-order valence-electron chi connectivity index (χ3n) is 5.24. The van der Waals surface area contributed by atoms with Gasteiger partial charge in [-0.25, -0.2) is 0 Å². The van der Waals surface area contributed by atoms with Crippen molar-refractivity contribution in [2.75, 3.05) is 13.1 Å². The van der Waals surface area contributed by atoms with E-state index in [9.17, 15) is 4.79 Å². The molecular formula is C19H26N2OS2. The fourth-order valence-electron chi connectivity index (χ4n) is 3.87. The first-order chi connectivity index (χ1) is 11.7. The van der Waals surface area contributed by atoms with Gasteiger partial charge in [0.15, 0.2) is 0 Å². The molecule has 0 radical (unpaired) electrons. The van der Waals surface area contributed by atoms with Crippen LogP contribution in [0.15, 0.2) is 30.3 Å². The van der Waals surface area contributed by atoms with Crippen LogP contribution in [-0.2, 0) is 11.3 Å². The summed E-state index contributed by atoms with van der Waals surface area (Å²) in [7, 11) is 0. The number of carbonyl (C=O) groups excluding carboxylic acids is 1. The van der Waals surface area contributed by atoms with Gasteiger partial charge in [-0.05, 0) is 32.3 Å². The second-order valence-electron chi connectivity index (χ2n) is 6.57. The minimum atomic E-state index is 0.168. The van der Waals surface area contributed by atoms with Gasteiger partial charge in [0.2, 0.25) is 5.91 Å². The quantitative estimate of drug-likeness (QED) is 0.585. The largest absolute Gasteiger partial charge is 0.358 e. The predicted molar refractivity (Wildman–Crippen MR) is 105 cm³/mol. The van der Waals surface area contributed by atoms with Crippen molar-refractivity contribution in [3.05, 3.63) is 35.9 Å². The Balaban J connectivity index is 1.63. The summed E-state index contributed by atoms with van der Waals surface area (Å²) in [4.78, 5) is 17.1. The Labute approximate surface area is 154 Å². The van der Waals surface area contributed by atoms with Crippen LogP contribution in [0, 0.1) is 5.92 Å². The van der Waals surface area contributed by atoms with Gasteiger partial charge in [-0.3, -0.25) is 4.79 Å². The van der Waals surface area contributed by atoms with Gasteiger partial charge in [-0.15, -0.1) is 0 Å². The Morgan fingerprint density at radius 1 is 1.25 bits per heavy atom. The van der Waals surface area contributed by atoms with Gasteiger partial charge in [0, 0.05) is 30.9 Å². The molecule has 24 heavy (non-hydrogen) atoms. The van der Waals surface area contributed by atoms with Gasteiger partial charge >= 0.3 is 0 Å². The number of hydrogen-bond acceptors (Lipinski definition) is 3. The van der Waals surface area contributed by atoms with Crippen LogP contribution in [0.25, 0.3) is 0 Å². The molecule has 1 saturated heterocycles. The maximum absolute atomic E-state index is 12.8. The van der Waals surface area contributed by atoms with Crippen LogP contribution in [0.4, 0.5) is 0 Å². The van der Waals surface area contributed by atoms with Crippen LogP contribution in [-0.4, -0.2) is 44.4 Å². The number of thiocarbonyl (C=S) groups is 1. The minimum absolute atomic E-state index is 0.168.